The first-order valence-electron chi connectivity index (χ1n) is 8.41. The van der Waals surface area contributed by atoms with Gasteiger partial charge in [-0.1, -0.05) is 17.7 Å². The molecule has 0 spiro atoms. The number of benzene rings is 2. The Morgan fingerprint density at radius 1 is 1.07 bits per heavy atom. The smallest absolute Gasteiger partial charge is 0.339 e. The highest BCUT2D eigenvalue weighted by molar-refractivity contribution is 6.30. The molecule has 1 atom stereocenters. The summed E-state index contributed by atoms with van der Waals surface area (Å²) in [5.41, 5.74) is 1.41. The van der Waals surface area contributed by atoms with Crippen LogP contribution in [0.1, 0.15) is 22.0 Å². The second kappa shape index (κ2) is 9.28. The fraction of sp³-hybridized carbons (Fsp3) is 0.316. The van der Waals surface area contributed by atoms with E-state index in [4.69, 9.17) is 16.7 Å². The van der Waals surface area contributed by atoms with Crippen molar-refractivity contribution in [3.8, 4) is 5.75 Å². The van der Waals surface area contributed by atoms with E-state index in [-0.39, 0.29) is 23.7 Å². The van der Waals surface area contributed by atoms with Crippen molar-refractivity contribution in [2.45, 2.75) is 6.10 Å². The number of rotatable bonds is 5. The van der Waals surface area contributed by atoms with Gasteiger partial charge in [0.15, 0.2) is 0 Å². The first-order chi connectivity index (χ1) is 12.4. The van der Waals surface area contributed by atoms with E-state index in [0.717, 1.165) is 31.9 Å². The van der Waals surface area contributed by atoms with Crippen LogP contribution in [0.15, 0.2) is 42.5 Å². The molecule has 1 aliphatic heterocycles. The van der Waals surface area contributed by atoms with E-state index in [2.05, 4.69) is 9.80 Å². The molecule has 1 aliphatic rings. The topological polar surface area (TPSA) is 84.2 Å². The average molecular weight is 413 g/mol. The molecule has 27 heavy (non-hydrogen) atoms. The zero-order chi connectivity index (χ0) is 18.7. The third kappa shape index (κ3) is 5.26. The van der Waals surface area contributed by atoms with Crippen molar-refractivity contribution in [3.05, 3.63) is 58.6 Å². The summed E-state index contributed by atoms with van der Waals surface area (Å²) in [6.45, 7) is 3.68. The van der Waals surface area contributed by atoms with Crippen LogP contribution in [0, 0.1) is 0 Å². The number of piperazine rings is 1. The van der Waals surface area contributed by atoms with Crippen LogP contribution in [0.2, 0.25) is 5.02 Å². The van der Waals surface area contributed by atoms with Crippen molar-refractivity contribution in [2.75, 3.05) is 37.6 Å². The molecule has 1 saturated heterocycles. The zero-order valence-corrected chi connectivity index (χ0v) is 16.2. The lowest BCUT2D eigenvalue weighted by Crippen LogP contribution is -2.47. The van der Waals surface area contributed by atoms with Crippen LogP contribution < -0.4 is 4.90 Å². The van der Waals surface area contributed by atoms with Gasteiger partial charge in [-0.3, -0.25) is 4.90 Å². The first-order valence-corrected chi connectivity index (χ1v) is 8.79. The van der Waals surface area contributed by atoms with E-state index in [1.165, 1.54) is 12.1 Å². The van der Waals surface area contributed by atoms with Crippen LogP contribution in [-0.4, -0.2) is 58.9 Å². The summed E-state index contributed by atoms with van der Waals surface area (Å²) in [6, 6.07) is 11.9. The lowest BCUT2D eigenvalue weighted by molar-refractivity contribution is 0.0693. The third-order valence-corrected chi connectivity index (χ3v) is 4.88. The fourth-order valence-corrected chi connectivity index (χ4v) is 3.25. The Morgan fingerprint density at radius 2 is 1.70 bits per heavy atom. The molecule has 0 amide bonds. The summed E-state index contributed by atoms with van der Waals surface area (Å²) >= 11 is 5.92. The molecule has 6 nitrogen and oxygen atoms in total. The molecule has 1 heterocycles. The van der Waals surface area contributed by atoms with Crippen LogP contribution in [0.25, 0.3) is 0 Å². The second-order valence-corrected chi connectivity index (χ2v) is 6.80. The Labute approximate surface area is 169 Å². The van der Waals surface area contributed by atoms with Gasteiger partial charge in [0.25, 0.3) is 0 Å². The van der Waals surface area contributed by atoms with Gasteiger partial charge >= 0.3 is 5.97 Å². The van der Waals surface area contributed by atoms with Gasteiger partial charge in [-0.05, 0) is 42.0 Å². The molecule has 3 rings (SSSR count). The highest BCUT2D eigenvalue weighted by Crippen LogP contribution is 2.24. The maximum Gasteiger partial charge on any atom is 0.339 e. The quantitative estimate of drug-likeness (QED) is 0.699. The molecular weight excluding hydrogens is 391 g/mol. The van der Waals surface area contributed by atoms with E-state index < -0.39 is 12.1 Å². The molecule has 0 aliphatic carbocycles. The molecule has 146 valence electrons. The molecule has 8 heteroatoms. The molecule has 1 unspecified atom stereocenters. The molecule has 1 fully saturated rings. The minimum absolute atomic E-state index is 0. The molecule has 0 saturated carbocycles. The summed E-state index contributed by atoms with van der Waals surface area (Å²) in [5, 5.41) is 29.8. The van der Waals surface area contributed by atoms with Crippen molar-refractivity contribution in [1.29, 1.82) is 0 Å². The van der Waals surface area contributed by atoms with Crippen molar-refractivity contribution < 1.29 is 20.1 Å². The van der Waals surface area contributed by atoms with Gasteiger partial charge < -0.3 is 20.2 Å². The number of aromatic hydroxyl groups is 1. The maximum atomic E-state index is 11.1. The van der Waals surface area contributed by atoms with Crippen molar-refractivity contribution >= 4 is 35.7 Å². The van der Waals surface area contributed by atoms with Gasteiger partial charge in [-0.2, -0.15) is 0 Å². The predicted octanol–water partition coefficient (Wildman–Crippen LogP) is 3.02. The Kier molecular flexibility index (Phi) is 7.33. The first kappa shape index (κ1) is 21.3. The molecule has 2 aromatic carbocycles. The number of aliphatic hydroxyl groups is 1. The van der Waals surface area contributed by atoms with Crippen LogP contribution >= 0.6 is 24.0 Å². The van der Waals surface area contributed by atoms with Gasteiger partial charge in [-0.15, -0.1) is 12.4 Å². The van der Waals surface area contributed by atoms with E-state index >= 15 is 0 Å². The van der Waals surface area contributed by atoms with Crippen LogP contribution in [-0.2, 0) is 0 Å². The minimum Gasteiger partial charge on any atom is -0.507 e. The number of aliphatic hydroxyl groups excluding tert-OH is 1. The number of hydrogen-bond acceptors (Lipinski definition) is 5. The van der Waals surface area contributed by atoms with Crippen LogP contribution in [0.5, 0.6) is 5.75 Å². The number of carboxylic acid groups (broad SMARTS) is 1. The largest absolute Gasteiger partial charge is 0.507 e. The van der Waals surface area contributed by atoms with Crippen molar-refractivity contribution in [1.82, 2.24) is 4.90 Å². The summed E-state index contributed by atoms with van der Waals surface area (Å²) < 4.78 is 0. The van der Waals surface area contributed by atoms with E-state index in [1.807, 2.05) is 24.3 Å². The summed E-state index contributed by atoms with van der Waals surface area (Å²) in [6.07, 6.45) is -0.809. The molecule has 2 aromatic rings. The number of halogens is 2. The summed E-state index contributed by atoms with van der Waals surface area (Å²) in [7, 11) is 0. The number of aromatic carboxylic acids is 1. The number of anilines is 1. The van der Waals surface area contributed by atoms with Crippen LogP contribution in [0.4, 0.5) is 5.69 Å². The van der Waals surface area contributed by atoms with Gasteiger partial charge in [0.05, 0.1) is 6.10 Å². The van der Waals surface area contributed by atoms with Gasteiger partial charge in [0.2, 0.25) is 0 Å². The second-order valence-electron chi connectivity index (χ2n) is 6.36. The molecule has 0 aromatic heterocycles. The zero-order valence-electron chi connectivity index (χ0n) is 14.6. The predicted molar refractivity (Wildman–Crippen MR) is 107 cm³/mol. The molecule has 0 bridgehead atoms. The number of nitrogens with zero attached hydrogens (tertiary/aromatic N) is 2. The van der Waals surface area contributed by atoms with E-state index in [9.17, 15) is 15.0 Å². The monoisotopic (exact) mass is 412 g/mol. The highest BCUT2D eigenvalue weighted by atomic mass is 35.5. The lowest BCUT2D eigenvalue weighted by Gasteiger charge is -2.37. The van der Waals surface area contributed by atoms with Crippen molar-refractivity contribution in [3.63, 3.8) is 0 Å². The number of β-amino-alcohol motifs (C(OH)–C–C–N with tert-alkyl or cyclic N) is 1. The molecular formula is C19H22Cl2N2O4. The van der Waals surface area contributed by atoms with Gasteiger partial charge in [-0.25, -0.2) is 4.79 Å². The van der Waals surface area contributed by atoms with E-state index in [0.29, 0.717) is 17.1 Å². The third-order valence-electron chi connectivity index (χ3n) is 4.63. The van der Waals surface area contributed by atoms with Crippen molar-refractivity contribution in [2.24, 2.45) is 0 Å². The molecule has 0 radical (unpaired) electrons. The Hall–Kier alpha value is -1.99. The highest BCUT2D eigenvalue weighted by Gasteiger charge is 2.21. The summed E-state index contributed by atoms with van der Waals surface area (Å²) in [4.78, 5) is 15.5. The average Bonchev–Trinajstić information content (AvgIpc) is 2.63. The number of hydrogen-bond donors (Lipinski definition) is 3. The summed E-state index contributed by atoms with van der Waals surface area (Å²) in [5.74, 6) is -1.52. The van der Waals surface area contributed by atoms with E-state index in [1.54, 1.807) is 6.07 Å². The molecule has 3 N–H and O–H groups in total. The number of carboxylic acids is 1. The minimum atomic E-state index is -1.21. The SMILES string of the molecule is Cl.O=C(O)c1cc(C(O)CN2CCN(c3ccc(Cl)cc3)CC2)ccc1O. The Balaban J connectivity index is 0.00000261. The fourth-order valence-electron chi connectivity index (χ4n) is 3.12. The van der Waals surface area contributed by atoms with Gasteiger partial charge in [0, 0.05) is 43.4 Å². The van der Waals surface area contributed by atoms with Crippen LogP contribution in [0.3, 0.4) is 0 Å². The lowest BCUT2D eigenvalue weighted by atomic mass is 10.0. The normalized spacial score (nSPS) is 15.9. The maximum absolute atomic E-state index is 11.1. The Bertz CT molecular complexity index is 778. The number of phenols is 1. The van der Waals surface area contributed by atoms with Gasteiger partial charge in [0.1, 0.15) is 11.3 Å². The number of carbonyl (C=O) groups is 1. The Morgan fingerprint density at radius 3 is 2.30 bits per heavy atom. The standard InChI is InChI=1S/C19H21ClN2O4.ClH/c20-14-2-4-15(5-3-14)22-9-7-21(8-10-22)12-18(24)13-1-6-17(23)16(11-13)19(25)26;/h1-6,11,18,23-24H,7-10,12H2,(H,25,26);1H.